The van der Waals surface area contributed by atoms with E-state index in [1.807, 2.05) is 25.7 Å². The topological polar surface area (TPSA) is 77.0 Å². The summed E-state index contributed by atoms with van der Waals surface area (Å²) in [6.07, 6.45) is -0.159. The van der Waals surface area contributed by atoms with Gasteiger partial charge in [-0.1, -0.05) is 32.0 Å². The minimum atomic E-state index is -1.01. The Bertz CT molecular complexity index is 636. The van der Waals surface area contributed by atoms with E-state index in [9.17, 15) is 14.3 Å². The molecule has 2 rings (SSSR count). The molecule has 144 valence electrons. The van der Waals surface area contributed by atoms with Crippen molar-refractivity contribution < 1.29 is 14.3 Å². The van der Waals surface area contributed by atoms with Crippen molar-refractivity contribution in [2.75, 3.05) is 26.2 Å². The molecule has 1 aliphatic heterocycles. The molecule has 7 heteroatoms. The molecular weight excluding hydrogens is 335 g/mol. The summed E-state index contributed by atoms with van der Waals surface area (Å²) in [6, 6.07) is 6.27. The third-order valence-corrected chi connectivity index (χ3v) is 4.37. The summed E-state index contributed by atoms with van der Waals surface area (Å²) in [7, 11) is 0. The average molecular weight is 364 g/mol. The van der Waals surface area contributed by atoms with Gasteiger partial charge in [0.2, 0.25) is 5.91 Å². The molecule has 26 heavy (non-hydrogen) atoms. The van der Waals surface area contributed by atoms with Gasteiger partial charge in [0.25, 0.3) is 0 Å². The molecule has 6 nitrogen and oxygen atoms in total. The van der Waals surface area contributed by atoms with Crippen LogP contribution in [0.25, 0.3) is 0 Å². The zero-order valence-electron chi connectivity index (χ0n) is 15.7. The number of rotatable bonds is 6. The van der Waals surface area contributed by atoms with Crippen LogP contribution in [-0.4, -0.2) is 54.1 Å². The normalized spacial score (nSPS) is 18.9. The Morgan fingerprint density at radius 1 is 1.42 bits per heavy atom. The van der Waals surface area contributed by atoms with Gasteiger partial charge in [-0.3, -0.25) is 9.79 Å². The molecular formula is C19H29FN4O2. The highest BCUT2D eigenvalue weighted by Crippen LogP contribution is 2.17. The third kappa shape index (κ3) is 5.42. The van der Waals surface area contributed by atoms with Crippen LogP contribution in [-0.2, 0) is 4.79 Å². The molecule has 0 saturated carbocycles. The van der Waals surface area contributed by atoms with Crippen LogP contribution in [0.1, 0.15) is 38.9 Å². The Morgan fingerprint density at radius 3 is 2.81 bits per heavy atom. The number of likely N-dealkylation sites (tertiary alicyclic amines) is 1. The van der Waals surface area contributed by atoms with E-state index in [2.05, 4.69) is 15.6 Å². The standard InChI is InChI=1S/C19H29FN4O2/c1-4-21-19(22-11-17(25)15-7-5-6-8-16(15)20)23-14-9-10-24(12-14)18(26)13(2)3/h5-8,13-14,17,25H,4,9-12H2,1-3H3,(H2,21,22,23). The minimum Gasteiger partial charge on any atom is -0.386 e. The number of halogens is 1. The summed E-state index contributed by atoms with van der Waals surface area (Å²) in [5, 5.41) is 16.6. The third-order valence-electron chi connectivity index (χ3n) is 4.37. The second-order valence-electron chi connectivity index (χ2n) is 6.83. The van der Waals surface area contributed by atoms with Gasteiger partial charge in [0.15, 0.2) is 5.96 Å². The summed E-state index contributed by atoms with van der Waals surface area (Å²) in [5.74, 6) is 0.274. The summed E-state index contributed by atoms with van der Waals surface area (Å²) in [5.41, 5.74) is 0.238. The van der Waals surface area contributed by atoms with E-state index in [-0.39, 0.29) is 30.0 Å². The van der Waals surface area contributed by atoms with Crippen LogP contribution < -0.4 is 10.6 Å². The highest BCUT2D eigenvalue weighted by molar-refractivity contribution is 5.81. The lowest BCUT2D eigenvalue weighted by Gasteiger charge is -2.20. The van der Waals surface area contributed by atoms with Crippen molar-refractivity contribution >= 4 is 11.9 Å². The highest BCUT2D eigenvalue weighted by atomic mass is 19.1. The zero-order valence-corrected chi connectivity index (χ0v) is 15.7. The summed E-state index contributed by atoms with van der Waals surface area (Å²) >= 11 is 0. The summed E-state index contributed by atoms with van der Waals surface area (Å²) in [4.78, 5) is 18.3. The predicted molar refractivity (Wildman–Crippen MR) is 100 cm³/mol. The van der Waals surface area contributed by atoms with Crippen LogP contribution in [0.15, 0.2) is 29.3 Å². The molecule has 1 aromatic carbocycles. The Kier molecular flexibility index (Phi) is 7.38. The number of benzene rings is 1. The molecule has 1 aliphatic rings. The molecule has 2 unspecified atom stereocenters. The van der Waals surface area contributed by atoms with E-state index in [1.165, 1.54) is 6.07 Å². The van der Waals surface area contributed by atoms with Crippen molar-refractivity contribution in [3.8, 4) is 0 Å². The Hall–Kier alpha value is -2.15. The first kappa shape index (κ1) is 20.2. The van der Waals surface area contributed by atoms with E-state index in [4.69, 9.17) is 0 Å². The van der Waals surface area contributed by atoms with Crippen LogP contribution in [0.4, 0.5) is 4.39 Å². The molecule has 1 saturated heterocycles. The van der Waals surface area contributed by atoms with Gasteiger partial charge in [0, 0.05) is 37.2 Å². The van der Waals surface area contributed by atoms with Crippen molar-refractivity contribution in [2.24, 2.45) is 10.9 Å². The van der Waals surface area contributed by atoms with Gasteiger partial charge in [-0.2, -0.15) is 0 Å². The maximum atomic E-state index is 13.7. The maximum Gasteiger partial charge on any atom is 0.225 e. The van der Waals surface area contributed by atoms with Crippen molar-refractivity contribution in [3.05, 3.63) is 35.6 Å². The number of guanidine groups is 1. The molecule has 0 aromatic heterocycles. The van der Waals surface area contributed by atoms with Crippen LogP contribution in [0, 0.1) is 11.7 Å². The molecule has 0 spiro atoms. The van der Waals surface area contributed by atoms with Gasteiger partial charge in [-0.25, -0.2) is 4.39 Å². The number of aliphatic hydroxyl groups is 1. The van der Waals surface area contributed by atoms with E-state index >= 15 is 0 Å². The van der Waals surface area contributed by atoms with Crippen LogP contribution in [0.3, 0.4) is 0 Å². The largest absolute Gasteiger partial charge is 0.386 e. The van der Waals surface area contributed by atoms with Gasteiger partial charge < -0.3 is 20.6 Å². The molecule has 1 heterocycles. The van der Waals surface area contributed by atoms with Crippen molar-refractivity contribution in [3.63, 3.8) is 0 Å². The number of hydrogen-bond donors (Lipinski definition) is 3. The second-order valence-corrected chi connectivity index (χ2v) is 6.83. The van der Waals surface area contributed by atoms with E-state index in [0.717, 1.165) is 13.0 Å². The van der Waals surface area contributed by atoms with Gasteiger partial charge in [0.1, 0.15) is 11.9 Å². The Labute approximate surface area is 154 Å². The molecule has 0 radical (unpaired) electrons. The predicted octanol–water partition coefficient (Wildman–Crippen LogP) is 1.67. The number of aliphatic hydroxyl groups excluding tert-OH is 1. The zero-order chi connectivity index (χ0) is 19.1. The molecule has 1 fully saturated rings. The quantitative estimate of drug-likeness (QED) is 0.530. The van der Waals surface area contributed by atoms with Gasteiger partial charge in [0.05, 0.1) is 6.54 Å². The fraction of sp³-hybridized carbons (Fsp3) is 0.579. The van der Waals surface area contributed by atoms with Crippen LogP contribution in [0.2, 0.25) is 0 Å². The Balaban J connectivity index is 1.95. The van der Waals surface area contributed by atoms with Crippen LogP contribution >= 0.6 is 0 Å². The monoisotopic (exact) mass is 364 g/mol. The second kappa shape index (κ2) is 9.52. The number of hydrogen-bond acceptors (Lipinski definition) is 3. The first-order valence-electron chi connectivity index (χ1n) is 9.18. The molecule has 0 aliphatic carbocycles. The first-order valence-corrected chi connectivity index (χ1v) is 9.18. The number of carbonyl (C=O) groups is 1. The number of nitrogens with zero attached hydrogens (tertiary/aromatic N) is 2. The van der Waals surface area contributed by atoms with Gasteiger partial charge >= 0.3 is 0 Å². The maximum absolute atomic E-state index is 13.7. The summed E-state index contributed by atoms with van der Waals surface area (Å²) < 4.78 is 13.7. The van der Waals surface area contributed by atoms with Crippen molar-refractivity contribution in [1.29, 1.82) is 0 Å². The molecule has 1 aromatic rings. The number of aliphatic imine (C=N–C) groups is 1. The summed E-state index contributed by atoms with van der Waals surface area (Å²) in [6.45, 7) is 7.84. The Morgan fingerprint density at radius 2 is 2.15 bits per heavy atom. The lowest BCUT2D eigenvalue weighted by atomic mass is 10.1. The van der Waals surface area contributed by atoms with Gasteiger partial charge in [-0.05, 0) is 19.4 Å². The molecule has 3 N–H and O–H groups in total. The molecule has 2 atom stereocenters. The van der Waals surface area contributed by atoms with Gasteiger partial charge in [-0.15, -0.1) is 0 Å². The highest BCUT2D eigenvalue weighted by Gasteiger charge is 2.28. The van der Waals surface area contributed by atoms with Crippen molar-refractivity contribution in [2.45, 2.75) is 39.3 Å². The van der Waals surface area contributed by atoms with E-state index in [1.54, 1.807) is 18.2 Å². The molecule has 0 bridgehead atoms. The first-order chi connectivity index (χ1) is 12.4. The number of amides is 1. The fourth-order valence-electron chi connectivity index (χ4n) is 2.98. The minimum absolute atomic E-state index is 0.00781. The number of nitrogens with one attached hydrogen (secondary N) is 2. The lowest BCUT2D eigenvalue weighted by molar-refractivity contribution is -0.133. The van der Waals surface area contributed by atoms with E-state index in [0.29, 0.717) is 19.0 Å². The molecule has 1 amide bonds. The lowest BCUT2D eigenvalue weighted by Crippen LogP contribution is -2.45. The SMILES string of the molecule is CCNC(=NCC(O)c1ccccc1F)NC1CCN(C(=O)C(C)C)C1. The van der Waals surface area contributed by atoms with Crippen molar-refractivity contribution in [1.82, 2.24) is 15.5 Å². The number of carbonyl (C=O) groups excluding carboxylic acids is 1. The smallest absolute Gasteiger partial charge is 0.225 e. The van der Waals surface area contributed by atoms with Crippen LogP contribution in [0.5, 0.6) is 0 Å². The van der Waals surface area contributed by atoms with E-state index < -0.39 is 11.9 Å². The average Bonchev–Trinajstić information content (AvgIpc) is 3.07. The fourth-order valence-corrected chi connectivity index (χ4v) is 2.98.